The number of nitrogens with zero attached hydrogens (tertiary/aromatic N) is 2. The molecule has 3 heterocycles. The molecule has 2 aromatic heterocycles. The average Bonchev–Trinajstić information content (AvgIpc) is 3.49. The van der Waals surface area contributed by atoms with Gasteiger partial charge in [-0.15, -0.1) is 11.3 Å². The number of carbonyl (C=O) groups excluding carboxylic acids is 1. The molecule has 2 N–H and O–H groups in total. The third-order valence-electron chi connectivity index (χ3n) is 6.67. The minimum atomic E-state index is -1.43. The monoisotopic (exact) mass is 486 g/mol. The van der Waals surface area contributed by atoms with Gasteiger partial charge in [-0.3, -0.25) is 9.78 Å². The molecule has 0 radical (unpaired) electrons. The number of piperidine rings is 1. The van der Waals surface area contributed by atoms with Crippen LogP contribution in [0.25, 0.3) is 21.6 Å². The Bertz CT molecular complexity index is 1200. The fraction of sp³-hybridized carbons (Fsp3) is 0.360. The molecule has 1 aliphatic carbocycles. The first-order valence-corrected chi connectivity index (χ1v) is 12.2. The van der Waals surface area contributed by atoms with Gasteiger partial charge in [0.2, 0.25) is 0 Å². The van der Waals surface area contributed by atoms with Crippen molar-refractivity contribution < 1.29 is 19.4 Å². The third-order valence-corrected chi connectivity index (χ3v) is 7.94. The number of halogens is 2. The topological polar surface area (TPSA) is 73.7 Å². The Balaban J connectivity index is 1.36. The Hall–Kier alpha value is -2.32. The summed E-state index contributed by atoms with van der Waals surface area (Å²) in [5.41, 5.74) is 4.06. The van der Waals surface area contributed by atoms with Crippen LogP contribution in [0.2, 0.25) is 5.02 Å². The van der Waals surface area contributed by atoms with E-state index in [0.717, 1.165) is 40.1 Å². The highest BCUT2D eigenvalue weighted by Crippen LogP contribution is 2.47. The van der Waals surface area contributed by atoms with Crippen molar-refractivity contribution in [3.63, 3.8) is 0 Å². The first-order valence-electron chi connectivity index (χ1n) is 11.0. The number of aromatic nitrogens is 1. The number of likely N-dealkylation sites (tertiary alicyclic amines) is 1. The highest BCUT2D eigenvalue weighted by molar-refractivity contribution is 7.14. The summed E-state index contributed by atoms with van der Waals surface area (Å²) in [6.45, 7) is 0.321. The Morgan fingerprint density at radius 1 is 1.24 bits per heavy atom. The van der Waals surface area contributed by atoms with Crippen LogP contribution in [0.15, 0.2) is 48.0 Å². The molecule has 3 aromatic rings. The third kappa shape index (κ3) is 4.30. The predicted molar refractivity (Wildman–Crippen MR) is 127 cm³/mol. The first kappa shape index (κ1) is 22.5. The maximum absolute atomic E-state index is 13.8. The molecule has 1 amide bonds. The number of amides is 1. The Labute approximate surface area is 200 Å². The van der Waals surface area contributed by atoms with E-state index in [1.807, 2.05) is 18.2 Å². The number of aliphatic hydroxyl groups excluding tert-OH is 2. The lowest BCUT2D eigenvalue weighted by Gasteiger charge is -2.32. The summed E-state index contributed by atoms with van der Waals surface area (Å²) in [5.74, 6) is -0.285. The lowest BCUT2D eigenvalue weighted by Crippen LogP contribution is -2.47. The van der Waals surface area contributed by atoms with Crippen molar-refractivity contribution in [2.45, 2.75) is 37.0 Å². The number of pyridine rings is 1. The van der Waals surface area contributed by atoms with Gasteiger partial charge in [-0.05, 0) is 66.1 Å². The van der Waals surface area contributed by atoms with E-state index < -0.39 is 12.3 Å². The lowest BCUT2D eigenvalue weighted by molar-refractivity contribution is 0.00826. The van der Waals surface area contributed by atoms with Crippen LogP contribution < -0.4 is 0 Å². The van der Waals surface area contributed by atoms with Crippen molar-refractivity contribution in [1.29, 1.82) is 0 Å². The van der Waals surface area contributed by atoms with E-state index in [1.165, 1.54) is 4.90 Å². The number of alkyl halides is 1. The Kier molecular flexibility index (Phi) is 5.99. The molecule has 1 aliphatic heterocycles. The molecule has 2 fully saturated rings. The maximum atomic E-state index is 13.8. The molecule has 172 valence electrons. The van der Waals surface area contributed by atoms with Crippen molar-refractivity contribution in [3.8, 4) is 21.6 Å². The highest BCUT2D eigenvalue weighted by atomic mass is 35.5. The average molecular weight is 487 g/mol. The summed E-state index contributed by atoms with van der Waals surface area (Å²) in [6.07, 6.45) is 1.49. The zero-order valence-corrected chi connectivity index (χ0v) is 19.4. The van der Waals surface area contributed by atoms with Gasteiger partial charge in [0.1, 0.15) is 6.17 Å². The van der Waals surface area contributed by atoms with Crippen LogP contribution in [0.5, 0.6) is 0 Å². The molecule has 5 nitrogen and oxygen atoms in total. The molecule has 1 saturated heterocycles. The SMILES string of the molecule is O=C(c1ccc(-c2cc(-c3ccnc(C4(CO)CC4)c3)cs2)c(Cl)c1)N1CC[C@H](O)[C@@H](F)C1. The molecule has 8 heteroatoms. The Morgan fingerprint density at radius 2 is 2.06 bits per heavy atom. The normalized spacial score (nSPS) is 21.8. The second-order valence-electron chi connectivity index (χ2n) is 8.89. The summed E-state index contributed by atoms with van der Waals surface area (Å²) < 4.78 is 13.8. The van der Waals surface area contributed by atoms with E-state index in [9.17, 15) is 19.4 Å². The minimum Gasteiger partial charge on any atom is -0.395 e. The highest BCUT2D eigenvalue weighted by Gasteiger charge is 2.45. The van der Waals surface area contributed by atoms with Gasteiger partial charge in [-0.1, -0.05) is 17.7 Å². The van der Waals surface area contributed by atoms with Gasteiger partial charge < -0.3 is 15.1 Å². The van der Waals surface area contributed by atoms with E-state index in [-0.39, 0.29) is 30.9 Å². The molecule has 0 unspecified atom stereocenters. The van der Waals surface area contributed by atoms with E-state index >= 15 is 0 Å². The zero-order chi connectivity index (χ0) is 23.2. The number of benzene rings is 1. The summed E-state index contributed by atoms with van der Waals surface area (Å²) in [6, 6.07) is 11.2. The number of hydrogen-bond acceptors (Lipinski definition) is 5. The van der Waals surface area contributed by atoms with E-state index in [4.69, 9.17) is 11.6 Å². The van der Waals surface area contributed by atoms with Crippen LogP contribution in [0.4, 0.5) is 4.39 Å². The summed E-state index contributed by atoms with van der Waals surface area (Å²) >= 11 is 8.11. The van der Waals surface area contributed by atoms with Gasteiger partial charge in [0.05, 0.1) is 24.3 Å². The molecule has 0 spiro atoms. The maximum Gasteiger partial charge on any atom is 0.254 e. The van der Waals surface area contributed by atoms with Gasteiger partial charge in [0, 0.05) is 39.9 Å². The number of hydrogen-bond donors (Lipinski definition) is 2. The zero-order valence-electron chi connectivity index (χ0n) is 17.9. The molecule has 2 atom stereocenters. The molecular formula is C25H24ClFN2O3S. The number of carbonyl (C=O) groups is 1. The summed E-state index contributed by atoms with van der Waals surface area (Å²) in [5, 5.41) is 21.8. The lowest BCUT2D eigenvalue weighted by atomic mass is 9.99. The second-order valence-corrected chi connectivity index (χ2v) is 10.2. The smallest absolute Gasteiger partial charge is 0.254 e. The van der Waals surface area contributed by atoms with Crippen molar-refractivity contribution in [1.82, 2.24) is 9.88 Å². The fourth-order valence-corrected chi connectivity index (χ4v) is 5.58. The fourth-order valence-electron chi connectivity index (χ4n) is 4.28. The van der Waals surface area contributed by atoms with Gasteiger partial charge >= 0.3 is 0 Å². The first-order chi connectivity index (χ1) is 15.9. The van der Waals surface area contributed by atoms with Crippen LogP contribution >= 0.6 is 22.9 Å². The second kappa shape index (κ2) is 8.80. The standard InChI is InChI=1S/C25H24ClFN2O3S/c26-19-9-16(24(32)29-8-4-21(31)20(27)12-29)1-2-18(19)22-10-17(13-33-22)15-3-7-28-23(11-15)25(14-30)5-6-25/h1-3,7,9-11,13,20-21,30-31H,4-6,8,12,14H2/t20-,21-/m0/s1. The largest absolute Gasteiger partial charge is 0.395 e. The van der Waals surface area contributed by atoms with Crippen molar-refractivity contribution in [2.75, 3.05) is 19.7 Å². The molecule has 1 saturated carbocycles. The van der Waals surface area contributed by atoms with E-state index in [0.29, 0.717) is 17.1 Å². The van der Waals surface area contributed by atoms with Crippen molar-refractivity contribution in [3.05, 3.63) is 64.3 Å². The Morgan fingerprint density at radius 3 is 2.76 bits per heavy atom. The predicted octanol–water partition coefficient (Wildman–Crippen LogP) is 4.70. The molecule has 5 rings (SSSR count). The van der Waals surface area contributed by atoms with E-state index in [1.54, 1.807) is 29.7 Å². The molecule has 1 aromatic carbocycles. The minimum absolute atomic E-state index is 0.112. The van der Waals surface area contributed by atoms with Crippen LogP contribution in [0.3, 0.4) is 0 Å². The van der Waals surface area contributed by atoms with Gasteiger partial charge in [0.25, 0.3) is 5.91 Å². The number of thiophene rings is 1. The van der Waals surface area contributed by atoms with Crippen LogP contribution in [-0.4, -0.2) is 58.0 Å². The van der Waals surface area contributed by atoms with Crippen LogP contribution in [0, 0.1) is 0 Å². The van der Waals surface area contributed by atoms with E-state index in [2.05, 4.69) is 16.4 Å². The number of rotatable bonds is 5. The quantitative estimate of drug-likeness (QED) is 0.548. The van der Waals surface area contributed by atoms with Gasteiger partial charge in [-0.2, -0.15) is 0 Å². The number of aliphatic hydroxyl groups is 2. The van der Waals surface area contributed by atoms with Crippen molar-refractivity contribution >= 4 is 28.8 Å². The summed E-state index contributed by atoms with van der Waals surface area (Å²) in [7, 11) is 0. The van der Waals surface area contributed by atoms with Crippen LogP contribution in [-0.2, 0) is 5.41 Å². The molecule has 33 heavy (non-hydrogen) atoms. The van der Waals surface area contributed by atoms with Gasteiger partial charge in [0.15, 0.2) is 0 Å². The molecule has 0 bridgehead atoms. The summed E-state index contributed by atoms with van der Waals surface area (Å²) in [4.78, 5) is 19.6. The van der Waals surface area contributed by atoms with Crippen molar-refractivity contribution in [2.24, 2.45) is 0 Å². The van der Waals surface area contributed by atoms with Gasteiger partial charge in [-0.25, -0.2) is 4.39 Å². The van der Waals surface area contributed by atoms with Crippen LogP contribution in [0.1, 0.15) is 35.3 Å². The molecule has 2 aliphatic rings. The molecular weight excluding hydrogens is 463 g/mol.